The Kier molecular flexibility index (Phi) is 48.1. The Hall–Kier alpha value is -0.120. The van der Waals surface area contributed by atoms with E-state index in [1.54, 1.807) is 0 Å². The van der Waals surface area contributed by atoms with E-state index in [1.165, 1.54) is 0 Å². The summed E-state index contributed by atoms with van der Waals surface area (Å²) in [6, 6.07) is 0. The van der Waals surface area contributed by atoms with Crippen molar-refractivity contribution in [2.24, 2.45) is 0 Å². The van der Waals surface area contributed by atoms with Gasteiger partial charge in [0, 0.05) is 18.9 Å². The molecule has 0 atom stereocenters. The van der Waals surface area contributed by atoms with Crippen molar-refractivity contribution in [2.45, 2.75) is 20.8 Å². The van der Waals surface area contributed by atoms with Gasteiger partial charge in [-0.2, -0.15) is 0 Å². The zero-order chi connectivity index (χ0) is 10.7. The number of halogens is 1. The maximum absolute atomic E-state index is 9.00. The minimum absolute atomic E-state index is 0. The smallest absolute Gasteiger partial charge is 0.550 e. The van der Waals surface area contributed by atoms with Crippen LogP contribution in [0.5, 0.6) is 0 Å². The molecule has 0 aromatic heterocycles. The van der Waals surface area contributed by atoms with Crippen LogP contribution in [0.2, 0.25) is 0 Å². The summed E-state index contributed by atoms with van der Waals surface area (Å²) in [6.07, 6.45) is 0. The molecule has 0 aliphatic carbocycles. The van der Waals surface area contributed by atoms with Crippen molar-refractivity contribution in [1.29, 1.82) is 0 Å². The Bertz CT molecular complexity index is 120. The van der Waals surface area contributed by atoms with Gasteiger partial charge in [-0.15, -0.1) is 0 Å². The second-order valence-corrected chi connectivity index (χ2v) is 1.50. The SMILES string of the molecule is CC(=O)O.CC(=O)[O-].CC(=O)[O-].[Ag+].[IH2+]. The zero-order valence-electron chi connectivity index (χ0n) is 7.74. The van der Waals surface area contributed by atoms with Gasteiger partial charge in [0.1, 0.15) is 0 Å². The Labute approximate surface area is 114 Å². The average molecular weight is 415 g/mol. The second kappa shape index (κ2) is 23.1. The number of rotatable bonds is 0. The number of carbonyl (C=O) groups excluding carboxylic acids is 2. The van der Waals surface area contributed by atoms with Crippen molar-refractivity contribution < 1.29 is 76.1 Å². The second-order valence-electron chi connectivity index (χ2n) is 1.50. The van der Waals surface area contributed by atoms with Gasteiger partial charge in [-0.05, 0) is 13.8 Å². The Morgan fingerprint density at radius 3 is 0.929 bits per heavy atom. The van der Waals surface area contributed by atoms with Gasteiger partial charge < -0.3 is 24.9 Å². The predicted octanol–water partition coefficient (Wildman–Crippen LogP) is -5.93. The standard InChI is InChI=1S/3C2H4O2.Ag.H2I/c3*1-2(3)4;;/h3*1H3,(H,3,4);;1H2/q;;;2*+1/p-2. The number of hydrogen-bond donors (Lipinski definition) is 1. The van der Waals surface area contributed by atoms with Crippen molar-refractivity contribution in [3.05, 3.63) is 0 Å². The van der Waals surface area contributed by atoms with E-state index < -0.39 is 17.9 Å². The van der Waals surface area contributed by atoms with Crippen molar-refractivity contribution in [3.63, 3.8) is 0 Å². The monoisotopic (exact) mass is 414 g/mol. The maximum atomic E-state index is 9.00. The number of carboxylic acids is 3. The molecule has 6 nitrogen and oxygen atoms in total. The molecule has 0 unspecified atom stereocenters. The van der Waals surface area contributed by atoms with Crippen LogP contribution < -0.4 is 34.2 Å². The first-order valence-electron chi connectivity index (χ1n) is 2.74. The molecule has 0 aliphatic rings. The molecule has 0 saturated carbocycles. The van der Waals surface area contributed by atoms with E-state index in [4.69, 9.17) is 29.7 Å². The third-order valence-corrected chi connectivity index (χ3v) is 0. The summed E-state index contributed by atoms with van der Waals surface area (Å²) in [7, 11) is 0. The van der Waals surface area contributed by atoms with Gasteiger partial charge in [-0.25, -0.2) is 0 Å². The normalized spacial score (nSPS) is 5.36. The van der Waals surface area contributed by atoms with Gasteiger partial charge >= 0.3 is 22.4 Å². The first kappa shape index (κ1) is 29.2. The zero-order valence-corrected chi connectivity index (χ0v) is 11.8. The molecular weight excluding hydrogens is 403 g/mol. The van der Waals surface area contributed by atoms with Crippen molar-refractivity contribution >= 4 is 17.9 Å². The molecule has 0 aromatic rings. The molecule has 0 radical (unpaired) electrons. The molecule has 0 heterocycles. The summed E-state index contributed by atoms with van der Waals surface area (Å²) in [5.74, 6) is -3.00. The molecule has 0 bridgehead atoms. The van der Waals surface area contributed by atoms with Crippen molar-refractivity contribution in [3.8, 4) is 0 Å². The van der Waals surface area contributed by atoms with E-state index in [0.29, 0.717) is 0 Å². The molecule has 90 valence electrons. The maximum Gasteiger partial charge on any atom is 1.00 e. The van der Waals surface area contributed by atoms with Crippen LogP contribution in [-0.4, -0.2) is 23.0 Å². The van der Waals surface area contributed by atoms with Gasteiger partial charge in [-0.3, -0.25) is 4.79 Å². The Morgan fingerprint density at radius 1 is 0.929 bits per heavy atom. The molecule has 0 aromatic carbocycles. The molecule has 1 N–H and O–H groups in total. The molecule has 8 heteroatoms. The molecule has 0 saturated heterocycles. The average Bonchev–Trinajstić information content (AvgIpc) is 1.54. The van der Waals surface area contributed by atoms with E-state index in [0.717, 1.165) is 20.8 Å². The van der Waals surface area contributed by atoms with Crippen LogP contribution in [0.1, 0.15) is 20.8 Å². The summed E-state index contributed by atoms with van der Waals surface area (Å²) in [6.45, 7) is 3.03. The van der Waals surface area contributed by atoms with Crippen LogP contribution in [0, 0.1) is 0 Å². The minimum Gasteiger partial charge on any atom is -0.550 e. The van der Waals surface area contributed by atoms with E-state index in [-0.39, 0.29) is 46.4 Å². The minimum atomic E-state index is -1.08. The fourth-order valence-electron chi connectivity index (χ4n) is 0. The van der Waals surface area contributed by atoms with Crippen molar-refractivity contribution in [2.75, 3.05) is 0 Å². The van der Waals surface area contributed by atoms with E-state index >= 15 is 0 Å². The predicted molar refractivity (Wildman–Crippen MR) is 37.5 cm³/mol. The number of carboxylic acid groups (broad SMARTS) is 3. The molecular formula is C6H12AgIO6. The van der Waals surface area contributed by atoms with Crippen LogP contribution in [-0.2, 0) is 36.8 Å². The van der Waals surface area contributed by atoms with Crippen LogP contribution in [0.3, 0.4) is 0 Å². The van der Waals surface area contributed by atoms with E-state index in [1.807, 2.05) is 0 Å². The van der Waals surface area contributed by atoms with Crippen LogP contribution in [0.4, 0.5) is 0 Å². The summed E-state index contributed by atoms with van der Waals surface area (Å²) in [5, 5.41) is 25.2. The fraction of sp³-hybridized carbons (Fsp3) is 0.500. The Morgan fingerprint density at radius 2 is 0.929 bits per heavy atom. The summed E-state index contributed by atoms with van der Waals surface area (Å²) in [4.78, 5) is 26.8. The van der Waals surface area contributed by atoms with Crippen LogP contribution in [0.25, 0.3) is 0 Å². The molecule has 0 aliphatic heterocycles. The largest absolute Gasteiger partial charge is 1.00 e. The van der Waals surface area contributed by atoms with E-state index in [2.05, 4.69) is 0 Å². The number of aliphatic carboxylic acids is 3. The number of hydrogen-bond acceptors (Lipinski definition) is 5. The van der Waals surface area contributed by atoms with Gasteiger partial charge in [0.2, 0.25) is 24.0 Å². The molecule has 14 heavy (non-hydrogen) atoms. The first-order chi connectivity index (χ1) is 5.20. The molecule has 0 spiro atoms. The third-order valence-electron chi connectivity index (χ3n) is 0. The molecule has 0 amide bonds. The Balaban J connectivity index is -0.0000000270. The topological polar surface area (TPSA) is 118 Å². The molecule has 0 rings (SSSR count). The molecule has 0 fully saturated rings. The van der Waals surface area contributed by atoms with Crippen LogP contribution >= 0.6 is 0 Å². The van der Waals surface area contributed by atoms with Crippen LogP contribution in [0.15, 0.2) is 0 Å². The summed E-state index contributed by atoms with van der Waals surface area (Å²) < 4.78 is 0. The fourth-order valence-corrected chi connectivity index (χ4v) is 0. The number of carbonyl (C=O) groups is 3. The van der Waals surface area contributed by atoms with Gasteiger partial charge in [0.25, 0.3) is 5.97 Å². The van der Waals surface area contributed by atoms with Crippen molar-refractivity contribution in [1.82, 2.24) is 0 Å². The summed E-state index contributed by atoms with van der Waals surface area (Å²) in [5.41, 5.74) is 0. The quantitative estimate of drug-likeness (QED) is 0.311. The van der Waals surface area contributed by atoms with Gasteiger partial charge in [0.05, 0.1) is 0 Å². The first-order valence-corrected chi connectivity index (χ1v) is 2.74. The van der Waals surface area contributed by atoms with Gasteiger partial charge in [0.15, 0.2) is 0 Å². The third kappa shape index (κ3) is 98100. The van der Waals surface area contributed by atoms with Gasteiger partial charge in [-0.1, -0.05) is 0 Å². The summed E-state index contributed by atoms with van der Waals surface area (Å²) >= 11 is 0. The van der Waals surface area contributed by atoms with E-state index in [9.17, 15) is 0 Å².